The Labute approximate surface area is 119 Å². The number of carbonyl (C=O) groups excluding carboxylic acids is 1. The highest BCUT2D eigenvalue weighted by Gasteiger charge is 2.34. The molecule has 20 heavy (non-hydrogen) atoms. The van der Waals surface area contributed by atoms with Crippen LogP contribution in [0.4, 0.5) is 13.2 Å². The van der Waals surface area contributed by atoms with Crippen molar-refractivity contribution in [1.82, 2.24) is 10.2 Å². The molecule has 0 spiro atoms. The number of halogens is 3. The summed E-state index contributed by atoms with van der Waals surface area (Å²) in [5.74, 6) is -0.209. The molecule has 0 aliphatic carbocycles. The van der Waals surface area contributed by atoms with E-state index in [-0.39, 0.29) is 29.5 Å². The van der Waals surface area contributed by atoms with E-state index in [0.29, 0.717) is 0 Å². The van der Waals surface area contributed by atoms with E-state index in [1.54, 1.807) is 13.0 Å². The number of carbonyl (C=O) groups is 1. The van der Waals surface area contributed by atoms with Gasteiger partial charge >= 0.3 is 6.18 Å². The van der Waals surface area contributed by atoms with Crippen molar-refractivity contribution in [2.24, 2.45) is 0 Å². The average Bonchev–Trinajstić information content (AvgIpc) is 2.60. The maximum Gasteiger partial charge on any atom is 0.416 e. The van der Waals surface area contributed by atoms with Crippen molar-refractivity contribution in [1.29, 1.82) is 0 Å². The quantitative estimate of drug-likeness (QED) is 0.870. The van der Waals surface area contributed by atoms with Gasteiger partial charge in [0.25, 0.3) is 5.91 Å². The maximum atomic E-state index is 12.8. The second-order valence-corrected chi connectivity index (χ2v) is 4.95. The number of hydrogen-bond acceptors (Lipinski definition) is 2. The van der Waals surface area contributed by atoms with Crippen LogP contribution in [0.1, 0.15) is 18.1 Å². The molecule has 1 N–H and O–H groups in total. The molecule has 1 saturated heterocycles. The van der Waals surface area contributed by atoms with E-state index < -0.39 is 17.8 Å². The highest BCUT2D eigenvalue weighted by atomic mass is 32.1. The summed E-state index contributed by atoms with van der Waals surface area (Å²) in [7, 11) is 0. The largest absolute Gasteiger partial charge is 0.416 e. The minimum Gasteiger partial charge on any atom is -0.351 e. The molecule has 2 rings (SSSR count). The van der Waals surface area contributed by atoms with Gasteiger partial charge in [-0.1, -0.05) is 18.2 Å². The molecule has 1 amide bonds. The van der Waals surface area contributed by atoms with E-state index in [2.05, 4.69) is 5.32 Å². The van der Waals surface area contributed by atoms with Gasteiger partial charge in [0.2, 0.25) is 0 Å². The van der Waals surface area contributed by atoms with Crippen molar-refractivity contribution >= 4 is 23.2 Å². The van der Waals surface area contributed by atoms with E-state index in [1.165, 1.54) is 17.0 Å². The number of benzene rings is 1. The van der Waals surface area contributed by atoms with Gasteiger partial charge in [-0.3, -0.25) is 9.69 Å². The van der Waals surface area contributed by atoms with Gasteiger partial charge in [-0.15, -0.1) is 0 Å². The molecular formula is C13H13F3N2OS. The van der Waals surface area contributed by atoms with E-state index in [1.807, 2.05) is 0 Å². The summed E-state index contributed by atoms with van der Waals surface area (Å²) in [6.07, 6.45) is -4.28. The van der Waals surface area contributed by atoms with Crippen molar-refractivity contribution in [2.45, 2.75) is 25.6 Å². The molecule has 1 fully saturated rings. The van der Waals surface area contributed by atoms with Crippen molar-refractivity contribution < 1.29 is 18.0 Å². The summed E-state index contributed by atoms with van der Waals surface area (Å²) >= 11 is 4.99. The summed E-state index contributed by atoms with van der Waals surface area (Å²) in [6.45, 7) is 1.81. The lowest BCUT2D eigenvalue weighted by Crippen LogP contribution is -2.33. The van der Waals surface area contributed by atoms with E-state index in [4.69, 9.17) is 12.2 Å². The van der Waals surface area contributed by atoms with Crippen LogP contribution < -0.4 is 5.32 Å². The fraction of sp³-hybridized carbons (Fsp3) is 0.385. The first kappa shape index (κ1) is 14.8. The third-order valence-electron chi connectivity index (χ3n) is 3.15. The van der Waals surface area contributed by atoms with Crippen LogP contribution in [0.5, 0.6) is 0 Å². The monoisotopic (exact) mass is 302 g/mol. The molecule has 0 unspecified atom stereocenters. The number of nitrogens with one attached hydrogen (secondary N) is 1. The molecule has 1 heterocycles. The first-order valence-electron chi connectivity index (χ1n) is 6.07. The van der Waals surface area contributed by atoms with Crippen LogP contribution in [-0.2, 0) is 17.4 Å². The summed E-state index contributed by atoms with van der Waals surface area (Å²) in [6, 6.07) is 4.95. The predicted octanol–water partition coefficient (Wildman–Crippen LogP) is 2.35. The standard InChI is InChI=1S/C13H13F3N2OS/c1-8-11(19)18(12(20)17-8)7-6-9-4-2-3-5-10(9)13(14,15)16/h2-5,8H,6-7H2,1H3,(H,17,20)/t8-/m1/s1. The zero-order valence-electron chi connectivity index (χ0n) is 10.7. The van der Waals surface area contributed by atoms with Crippen LogP contribution in [0.2, 0.25) is 0 Å². The van der Waals surface area contributed by atoms with Gasteiger partial charge < -0.3 is 5.32 Å². The molecule has 1 aliphatic heterocycles. The zero-order chi connectivity index (χ0) is 14.9. The summed E-state index contributed by atoms with van der Waals surface area (Å²) in [4.78, 5) is 13.1. The fourth-order valence-electron chi connectivity index (χ4n) is 2.12. The molecule has 0 aromatic heterocycles. The van der Waals surface area contributed by atoms with Crippen LogP contribution in [0, 0.1) is 0 Å². The Bertz CT molecular complexity index is 545. The number of nitrogens with zero attached hydrogens (tertiary/aromatic N) is 1. The van der Waals surface area contributed by atoms with Crippen molar-refractivity contribution in [3.05, 3.63) is 35.4 Å². The van der Waals surface area contributed by atoms with Gasteiger partial charge in [0.1, 0.15) is 6.04 Å². The molecule has 3 nitrogen and oxygen atoms in total. The summed E-state index contributed by atoms with van der Waals surface area (Å²) in [5.41, 5.74) is -0.506. The van der Waals surface area contributed by atoms with E-state index in [9.17, 15) is 18.0 Å². The summed E-state index contributed by atoms with van der Waals surface area (Å²) in [5, 5.41) is 3.05. The van der Waals surface area contributed by atoms with E-state index in [0.717, 1.165) is 6.07 Å². The van der Waals surface area contributed by atoms with Crippen LogP contribution in [0.25, 0.3) is 0 Å². The number of rotatable bonds is 3. The Morgan fingerprint density at radius 1 is 1.35 bits per heavy atom. The molecule has 108 valence electrons. The van der Waals surface area contributed by atoms with Crippen LogP contribution in [0.15, 0.2) is 24.3 Å². The minimum atomic E-state index is -4.39. The minimum absolute atomic E-state index is 0.107. The normalized spacial score (nSPS) is 19.4. The fourth-order valence-corrected chi connectivity index (χ4v) is 2.48. The number of hydrogen-bond donors (Lipinski definition) is 1. The molecular weight excluding hydrogens is 289 g/mol. The first-order valence-corrected chi connectivity index (χ1v) is 6.48. The van der Waals surface area contributed by atoms with Gasteiger partial charge in [-0.05, 0) is 37.2 Å². The Kier molecular flexibility index (Phi) is 3.99. The van der Waals surface area contributed by atoms with Gasteiger partial charge in [0.05, 0.1) is 5.56 Å². The van der Waals surface area contributed by atoms with Crippen LogP contribution in [0.3, 0.4) is 0 Å². The maximum absolute atomic E-state index is 12.8. The SMILES string of the molecule is C[C@H]1NC(=S)N(CCc2ccccc2C(F)(F)F)C1=O. The Morgan fingerprint density at radius 3 is 2.55 bits per heavy atom. The molecule has 1 atom stereocenters. The van der Waals surface area contributed by atoms with Gasteiger partial charge in [-0.2, -0.15) is 13.2 Å². The molecule has 1 aromatic carbocycles. The highest BCUT2D eigenvalue weighted by molar-refractivity contribution is 7.80. The topological polar surface area (TPSA) is 32.3 Å². The average molecular weight is 302 g/mol. The van der Waals surface area contributed by atoms with Gasteiger partial charge in [-0.25, -0.2) is 0 Å². The molecule has 0 saturated carbocycles. The predicted molar refractivity (Wildman–Crippen MR) is 72.1 cm³/mol. The third-order valence-corrected chi connectivity index (χ3v) is 3.49. The van der Waals surface area contributed by atoms with Gasteiger partial charge in [0.15, 0.2) is 5.11 Å². The second kappa shape index (κ2) is 5.40. The third kappa shape index (κ3) is 2.92. The van der Waals surface area contributed by atoms with E-state index >= 15 is 0 Å². The lowest BCUT2D eigenvalue weighted by atomic mass is 10.0. The zero-order valence-corrected chi connectivity index (χ0v) is 11.5. The highest BCUT2D eigenvalue weighted by Crippen LogP contribution is 2.32. The number of thiocarbonyl (C=S) groups is 1. The smallest absolute Gasteiger partial charge is 0.351 e. The first-order chi connectivity index (χ1) is 9.30. The van der Waals surface area contributed by atoms with Crippen molar-refractivity contribution in [2.75, 3.05) is 6.54 Å². The Hall–Kier alpha value is -1.63. The Balaban J connectivity index is 2.12. The van der Waals surface area contributed by atoms with Crippen molar-refractivity contribution in [3.63, 3.8) is 0 Å². The Morgan fingerprint density at radius 2 is 2.00 bits per heavy atom. The van der Waals surface area contributed by atoms with Crippen molar-refractivity contribution in [3.8, 4) is 0 Å². The molecule has 7 heteroatoms. The second-order valence-electron chi connectivity index (χ2n) is 4.57. The van der Waals surface area contributed by atoms with Gasteiger partial charge in [0, 0.05) is 6.54 Å². The number of amides is 1. The lowest BCUT2D eigenvalue weighted by Gasteiger charge is -2.17. The van der Waals surface area contributed by atoms with Crippen LogP contribution in [-0.4, -0.2) is 28.5 Å². The molecule has 0 radical (unpaired) electrons. The molecule has 1 aliphatic rings. The molecule has 0 bridgehead atoms. The van der Waals surface area contributed by atoms with Crippen LogP contribution >= 0.6 is 12.2 Å². The number of alkyl halides is 3. The molecule has 1 aromatic rings. The summed E-state index contributed by atoms with van der Waals surface area (Å²) < 4.78 is 38.5. The lowest BCUT2D eigenvalue weighted by molar-refractivity contribution is -0.138.